The zero-order valence-corrected chi connectivity index (χ0v) is 19.6. The normalized spacial score (nSPS) is 28.9. The van der Waals surface area contributed by atoms with Gasteiger partial charge in [-0.05, 0) is 24.2 Å². The van der Waals surface area contributed by atoms with E-state index in [2.05, 4.69) is 0 Å². The zero-order valence-electron chi connectivity index (χ0n) is 19.6. The second-order valence-electron chi connectivity index (χ2n) is 9.76. The standard InChI is InChI=1S/C28H29NO5/c1-17(2)24-28(20-10-6-4-7-11-20,21-12-8-5-9-13-21)34-27(32)29(24)25(30)22-18-14-15-19(16-18)23(22)26(31)33-3/h4-15,17-19,22-24H,16H2,1-3H3/t18-,19+,22-,23+,24+/m1/s1. The predicted octanol–water partition coefficient (Wildman–Crippen LogP) is 4.54. The number of allylic oxidation sites excluding steroid dienone is 2. The first-order chi connectivity index (χ1) is 16.4. The van der Waals surface area contributed by atoms with Gasteiger partial charge in [-0.25, -0.2) is 9.69 Å². The number of benzene rings is 2. The first-order valence-corrected chi connectivity index (χ1v) is 11.8. The van der Waals surface area contributed by atoms with Crippen LogP contribution >= 0.6 is 0 Å². The van der Waals surface area contributed by atoms with E-state index in [4.69, 9.17) is 9.47 Å². The first-order valence-electron chi connectivity index (χ1n) is 11.8. The summed E-state index contributed by atoms with van der Waals surface area (Å²) in [6, 6.07) is 18.6. The summed E-state index contributed by atoms with van der Waals surface area (Å²) in [5, 5.41) is 0. The number of esters is 1. The van der Waals surface area contributed by atoms with Crippen molar-refractivity contribution < 1.29 is 23.9 Å². The zero-order chi connectivity index (χ0) is 24.0. The summed E-state index contributed by atoms with van der Waals surface area (Å²) >= 11 is 0. The second-order valence-corrected chi connectivity index (χ2v) is 9.76. The van der Waals surface area contributed by atoms with E-state index in [-0.39, 0.29) is 23.7 Å². The van der Waals surface area contributed by atoms with Crippen LogP contribution in [0.1, 0.15) is 31.4 Å². The molecule has 5 rings (SSSR count). The van der Waals surface area contributed by atoms with Gasteiger partial charge < -0.3 is 9.47 Å². The molecule has 0 unspecified atom stereocenters. The van der Waals surface area contributed by atoms with Crippen LogP contribution in [0.3, 0.4) is 0 Å². The Morgan fingerprint density at radius 2 is 1.47 bits per heavy atom. The van der Waals surface area contributed by atoms with Crippen molar-refractivity contribution in [3.63, 3.8) is 0 Å². The van der Waals surface area contributed by atoms with Crippen molar-refractivity contribution in [1.29, 1.82) is 0 Å². The number of methoxy groups -OCH3 is 1. The third kappa shape index (κ3) is 3.19. The van der Waals surface area contributed by atoms with E-state index in [1.165, 1.54) is 12.0 Å². The van der Waals surface area contributed by atoms with Gasteiger partial charge in [0.2, 0.25) is 5.91 Å². The number of hydrogen-bond acceptors (Lipinski definition) is 5. The molecule has 2 amide bonds. The fourth-order valence-electron chi connectivity index (χ4n) is 6.31. The van der Waals surface area contributed by atoms with Gasteiger partial charge in [-0.3, -0.25) is 9.59 Å². The highest BCUT2D eigenvalue weighted by Gasteiger charge is 2.62. The Labute approximate surface area is 199 Å². The van der Waals surface area contributed by atoms with Crippen LogP contribution in [0.2, 0.25) is 0 Å². The molecule has 3 aliphatic rings. The van der Waals surface area contributed by atoms with Gasteiger partial charge in [0.05, 0.1) is 25.0 Å². The molecule has 6 nitrogen and oxygen atoms in total. The van der Waals surface area contributed by atoms with Crippen molar-refractivity contribution in [2.24, 2.45) is 29.6 Å². The molecule has 0 radical (unpaired) electrons. The van der Waals surface area contributed by atoms with Crippen molar-refractivity contribution in [3.05, 3.63) is 83.9 Å². The van der Waals surface area contributed by atoms with Crippen LogP contribution in [0.4, 0.5) is 4.79 Å². The Hall–Kier alpha value is -3.41. The minimum atomic E-state index is -1.16. The number of rotatable bonds is 5. The molecule has 2 bridgehead atoms. The smallest absolute Gasteiger partial charge is 0.418 e. The summed E-state index contributed by atoms with van der Waals surface area (Å²) < 4.78 is 11.3. The molecule has 1 aliphatic heterocycles. The number of nitrogens with zero attached hydrogens (tertiary/aromatic N) is 1. The Kier molecular flexibility index (Phi) is 5.54. The van der Waals surface area contributed by atoms with Gasteiger partial charge in [-0.2, -0.15) is 0 Å². The lowest BCUT2D eigenvalue weighted by atomic mass is 9.75. The van der Waals surface area contributed by atoms with Crippen molar-refractivity contribution >= 4 is 18.0 Å². The fourth-order valence-corrected chi connectivity index (χ4v) is 6.31. The van der Waals surface area contributed by atoms with Gasteiger partial charge in [-0.15, -0.1) is 0 Å². The van der Waals surface area contributed by atoms with Crippen LogP contribution in [-0.4, -0.2) is 36.0 Å². The van der Waals surface area contributed by atoms with E-state index < -0.39 is 35.5 Å². The van der Waals surface area contributed by atoms with Crippen molar-refractivity contribution in [2.45, 2.75) is 31.9 Å². The summed E-state index contributed by atoms with van der Waals surface area (Å²) in [5.74, 6) is -2.23. The van der Waals surface area contributed by atoms with Gasteiger partial charge >= 0.3 is 12.1 Å². The van der Waals surface area contributed by atoms with Gasteiger partial charge in [0.15, 0.2) is 5.60 Å². The third-order valence-corrected chi connectivity index (χ3v) is 7.63. The van der Waals surface area contributed by atoms with Crippen molar-refractivity contribution in [3.8, 4) is 0 Å². The molecular weight excluding hydrogens is 430 g/mol. The molecule has 34 heavy (non-hydrogen) atoms. The average molecular weight is 460 g/mol. The molecule has 2 aromatic carbocycles. The lowest BCUT2D eigenvalue weighted by Gasteiger charge is -2.38. The molecule has 176 valence electrons. The summed E-state index contributed by atoms with van der Waals surface area (Å²) in [6.07, 6.45) is 4.04. The Morgan fingerprint density at radius 3 is 1.97 bits per heavy atom. The number of ether oxygens (including phenoxy) is 2. The van der Waals surface area contributed by atoms with Crippen LogP contribution in [0.15, 0.2) is 72.8 Å². The molecule has 6 heteroatoms. The Morgan fingerprint density at radius 1 is 0.941 bits per heavy atom. The fraction of sp³-hybridized carbons (Fsp3) is 0.393. The Balaban J connectivity index is 1.63. The largest absolute Gasteiger partial charge is 0.469 e. The van der Waals surface area contributed by atoms with E-state index in [0.29, 0.717) is 6.42 Å². The minimum Gasteiger partial charge on any atom is -0.469 e. The maximum absolute atomic E-state index is 14.1. The predicted molar refractivity (Wildman–Crippen MR) is 125 cm³/mol. The highest BCUT2D eigenvalue weighted by atomic mass is 16.6. The number of carbonyl (C=O) groups is 3. The molecule has 2 aliphatic carbocycles. The number of imide groups is 1. The summed E-state index contributed by atoms with van der Waals surface area (Å²) in [4.78, 5) is 41.6. The molecule has 1 heterocycles. The number of carbonyl (C=O) groups excluding carboxylic acids is 3. The summed E-state index contributed by atoms with van der Waals surface area (Å²) in [5.41, 5.74) is 0.458. The number of cyclic esters (lactones) is 1. The summed E-state index contributed by atoms with van der Waals surface area (Å²) in [7, 11) is 1.34. The number of fused-ring (bicyclic) bond motifs is 2. The maximum Gasteiger partial charge on any atom is 0.418 e. The van der Waals surface area contributed by atoms with Gasteiger partial charge in [0, 0.05) is 11.1 Å². The van der Waals surface area contributed by atoms with E-state index in [1.54, 1.807) is 0 Å². The number of amides is 2. The van der Waals surface area contributed by atoms with Crippen LogP contribution in [0, 0.1) is 29.6 Å². The molecule has 1 saturated carbocycles. The minimum absolute atomic E-state index is 0.0458. The van der Waals surface area contributed by atoms with Crippen LogP contribution < -0.4 is 0 Å². The van der Waals surface area contributed by atoms with Crippen LogP contribution in [-0.2, 0) is 24.7 Å². The number of hydrogen-bond donors (Lipinski definition) is 0. The molecule has 0 spiro atoms. The van der Waals surface area contributed by atoms with Crippen molar-refractivity contribution in [1.82, 2.24) is 4.90 Å². The SMILES string of the molecule is COC(=O)[C@@H]1[C@H](C(=O)N2C(=O)OC(c3ccccc3)(c3ccccc3)[C@@H]2C(C)C)[C@@H]2C=C[C@H]1C2. The van der Waals surface area contributed by atoms with Gasteiger partial charge in [0.1, 0.15) is 0 Å². The van der Waals surface area contributed by atoms with E-state index in [0.717, 1.165) is 11.1 Å². The third-order valence-electron chi connectivity index (χ3n) is 7.63. The van der Waals surface area contributed by atoms with Crippen LogP contribution in [0.5, 0.6) is 0 Å². The monoisotopic (exact) mass is 459 g/mol. The van der Waals surface area contributed by atoms with Crippen LogP contribution in [0.25, 0.3) is 0 Å². The van der Waals surface area contributed by atoms with E-state index >= 15 is 0 Å². The molecular formula is C28H29NO5. The molecule has 0 aromatic heterocycles. The second kappa shape index (κ2) is 8.42. The highest BCUT2D eigenvalue weighted by Crippen LogP contribution is 2.52. The molecule has 2 aromatic rings. The van der Waals surface area contributed by atoms with Crippen molar-refractivity contribution in [2.75, 3.05) is 7.11 Å². The van der Waals surface area contributed by atoms with Gasteiger partial charge in [0.25, 0.3) is 0 Å². The summed E-state index contributed by atoms with van der Waals surface area (Å²) in [6.45, 7) is 3.98. The first kappa shape index (κ1) is 22.4. The lowest BCUT2D eigenvalue weighted by Crippen LogP contribution is -2.53. The highest BCUT2D eigenvalue weighted by molar-refractivity contribution is 5.98. The quantitative estimate of drug-likeness (QED) is 0.485. The lowest BCUT2D eigenvalue weighted by molar-refractivity contribution is -0.153. The molecule has 0 N–H and O–H groups in total. The Bertz CT molecular complexity index is 1090. The topological polar surface area (TPSA) is 72.9 Å². The van der Waals surface area contributed by atoms with E-state index in [9.17, 15) is 14.4 Å². The maximum atomic E-state index is 14.1. The molecule has 1 saturated heterocycles. The van der Waals surface area contributed by atoms with E-state index in [1.807, 2.05) is 86.7 Å². The molecule has 5 atom stereocenters. The average Bonchev–Trinajstić information content (AvgIpc) is 3.56. The van der Waals surface area contributed by atoms with Gasteiger partial charge in [-0.1, -0.05) is 86.7 Å². The molecule has 2 fully saturated rings.